The fourth-order valence-corrected chi connectivity index (χ4v) is 3.12. The van der Waals surface area contributed by atoms with E-state index >= 15 is 0 Å². The number of fused-ring (bicyclic) bond motifs is 1. The number of ether oxygens (including phenoxy) is 2. The third kappa shape index (κ3) is 3.62. The number of hydrogen-bond acceptors (Lipinski definition) is 4. The normalized spacial score (nSPS) is 19.5. The predicted molar refractivity (Wildman–Crippen MR) is 91.9 cm³/mol. The van der Waals surface area contributed by atoms with Crippen LogP contribution in [0.4, 0.5) is 0 Å². The van der Waals surface area contributed by atoms with Gasteiger partial charge in [-0.2, -0.15) is 0 Å². The fourth-order valence-electron chi connectivity index (χ4n) is 3.12. The van der Waals surface area contributed by atoms with E-state index in [0.29, 0.717) is 26.3 Å². The third-order valence-corrected chi connectivity index (χ3v) is 4.70. The average molecular weight is 331 g/mol. The van der Waals surface area contributed by atoms with Gasteiger partial charge in [-0.3, -0.25) is 4.79 Å². The summed E-state index contributed by atoms with van der Waals surface area (Å²) >= 11 is 0. The van der Waals surface area contributed by atoms with E-state index in [4.69, 9.17) is 13.9 Å². The molecule has 0 spiro atoms. The van der Waals surface area contributed by atoms with Crippen molar-refractivity contribution < 1.29 is 18.7 Å². The highest BCUT2D eigenvalue weighted by Gasteiger charge is 2.33. The van der Waals surface area contributed by atoms with Crippen LogP contribution in [0.1, 0.15) is 19.4 Å². The Kier molecular flexibility index (Phi) is 4.92. The summed E-state index contributed by atoms with van der Waals surface area (Å²) in [6, 6.07) is 8.23. The number of benzene rings is 1. The van der Waals surface area contributed by atoms with Gasteiger partial charge in [0.2, 0.25) is 0 Å². The van der Waals surface area contributed by atoms with E-state index in [1.807, 2.05) is 11.0 Å². The van der Waals surface area contributed by atoms with Gasteiger partial charge >= 0.3 is 0 Å². The first-order valence-corrected chi connectivity index (χ1v) is 8.38. The monoisotopic (exact) mass is 331 g/mol. The van der Waals surface area contributed by atoms with Crippen LogP contribution in [0.3, 0.4) is 0 Å². The number of hydrogen-bond donors (Lipinski definition) is 0. The van der Waals surface area contributed by atoms with Gasteiger partial charge in [-0.05, 0) is 38.0 Å². The van der Waals surface area contributed by atoms with Gasteiger partial charge in [-0.1, -0.05) is 12.1 Å². The molecule has 5 nitrogen and oxygen atoms in total. The number of furan rings is 1. The van der Waals surface area contributed by atoms with Crippen LogP contribution >= 0.6 is 0 Å². The van der Waals surface area contributed by atoms with Gasteiger partial charge < -0.3 is 18.8 Å². The van der Waals surface area contributed by atoms with Crippen molar-refractivity contribution >= 4 is 16.9 Å². The van der Waals surface area contributed by atoms with Gasteiger partial charge in [0.25, 0.3) is 5.91 Å². The van der Waals surface area contributed by atoms with E-state index < -0.39 is 5.60 Å². The summed E-state index contributed by atoms with van der Waals surface area (Å²) in [7, 11) is 1.57. The molecule has 1 saturated heterocycles. The Morgan fingerprint density at radius 3 is 3.00 bits per heavy atom. The minimum absolute atomic E-state index is 0.0157. The van der Waals surface area contributed by atoms with Crippen molar-refractivity contribution in [3.63, 3.8) is 0 Å². The summed E-state index contributed by atoms with van der Waals surface area (Å²) in [5, 5.41) is 1.11. The van der Waals surface area contributed by atoms with Crippen molar-refractivity contribution in [2.75, 3.05) is 33.4 Å². The van der Waals surface area contributed by atoms with Crippen LogP contribution in [0.5, 0.6) is 0 Å². The third-order valence-electron chi connectivity index (χ3n) is 4.70. The topological polar surface area (TPSA) is 51.9 Å². The minimum atomic E-state index is -0.804. The Balaban J connectivity index is 1.71. The first-order chi connectivity index (χ1) is 11.5. The van der Waals surface area contributed by atoms with E-state index in [1.165, 1.54) is 5.56 Å². The maximum Gasteiger partial charge on any atom is 0.254 e. The van der Waals surface area contributed by atoms with Gasteiger partial charge in [-0.15, -0.1) is 0 Å². The van der Waals surface area contributed by atoms with E-state index in [0.717, 1.165) is 17.4 Å². The van der Waals surface area contributed by atoms with Crippen LogP contribution in [0.2, 0.25) is 0 Å². The van der Waals surface area contributed by atoms with Crippen LogP contribution in [0.25, 0.3) is 11.0 Å². The molecule has 1 unspecified atom stereocenters. The van der Waals surface area contributed by atoms with Crippen molar-refractivity contribution in [1.82, 2.24) is 4.90 Å². The number of amides is 1. The molecule has 0 aliphatic carbocycles. The maximum atomic E-state index is 12.7. The maximum absolute atomic E-state index is 12.7. The summed E-state index contributed by atoms with van der Waals surface area (Å²) < 4.78 is 16.5. The molecule has 24 heavy (non-hydrogen) atoms. The van der Waals surface area contributed by atoms with Crippen LogP contribution in [0.15, 0.2) is 34.9 Å². The lowest BCUT2D eigenvalue weighted by Crippen LogP contribution is -2.48. The summed E-state index contributed by atoms with van der Waals surface area (Å²) in [4.78, 5) is 14.5. The fraction of sp³-hybridized carbons (Fsp3) is 0.526. The first kappa shape index (κ1) is 17.0. The van der Waals surface area contributed by atoms with Crippen LogP contribution in [-0.4, -0.2) is 49.8 Å². The molecule has 0 radical (unpaired) electrons. The lowest BCUT2D eigenvalue weighted by molar-refractivity contribution is -0.151. The minimum Gasteiger partial charge on any atom is -0.464 e. The number of carbonyl (C=O) groups is 1. The zero-order chi connectivity index (χ0) is 17.2. The molecule has 0 N–H and O–H groups in total. The molecule has 2 heterocycles. The SMILES string of the molecule is COC(C)(C)C(=O)N1CCOCC(Cc2ccc3ccoc3c2)C1. The van der Waals surface area contributed by atoms with Crippen LogP contribution < -0.4 is 0 Å². The molecule has 2 aromatic rings. The van der Waals surface area contributed by atoms with Crippen LogP contribution in [0, 0.1) is 5.92 Å². The van der Waals surface area contributed by atoms with Crippen molar-refractivity contribution in [2.45, 2.75) is 25.9 Å². The highest BCUT2D eigenvalue weighted by molar-refractivity contribution is 5.84. The Hall–Kier alpha value is -1.85. The second-order valence-corrected chi connectivity index (χ2v) is 6.90. The molecule has 1 aromatic carbocycles. The van der Waals surface area contributed by atoms with E-state index in [2.05, 4.69) is 18.2 Å². The Morgan fingerprint density at radius 2 is 2.21 bits per heavy atom. The Morgan fingerprint density at radius 1 is 1.38 bits per heavy atom. The molecule has 1 aliphatic rings. The summed E-state index contributed by atoms with van der Waals surface area (Å²) in [6.07, 6.45) is 2.56. The molecule has 1 fully saturated rings. The number of methoxy groups -OCH3 is 1. The predicted octanol–water partition coefficient (Wildman–Crippen LogP) is 2.88. The van der Waals surface area contributed by atoms with Crippen molar-refractivity contribution in [3.05, 3.63) is 36.1 Å². The number of carbonyl (C=O) groups excluding carboxylic acids is 1. The molecule has 1 atom stereocenters. The molecular formula is C19H25NO4. The number of nitrogens with zero attached hydrogens (tertiary/aromatic N) is 1. The van der Waals surface area contributed by atoms with Gasteiger partial charge in [0.05, 0.1) is 19.5 Å². The lowest BCUT2D eigenvalue weighted by Gasteiger charge is -2.31. The highest BCUT2D eigenvalue weighted by atomic mass is 16.5. The summed E-state index contributed by atoms with van der Waals surface area (Å²) in [6.45, 7) is 6.13. The Labute approximate surface area is 142 Å². The molecule has 0 bridgehead atoms. The van der Waals surface area contributed by atoms with Gasteiger partial charge in [-0.25, -0.2) is 0 Å². The lowest BCUT2D eigenvalue weighted by atomic mass is 9.98. The molecule has 3 rings (SSSR count). The first-order valence-electron chi connectivity index (χ1n) is 8.38. The second-order valence-electron chi connectivity index (χ2n) is 6.90. The number of rotatable bonds is 4. The Bertz CT molecular complexity index is 706. The molecule has 130 valence electrons. The standard InChI is InChI=1S/C19H25NO4/c1-19(2,22-3)18(21)20-7-9-23-13-15(12-20)10-14-4-5-16-6-8-24-17(16)11-14/h4-6,8,11,15H,7,9-10,12-13H2,1-3H3. The second kappa shape index (κ2) is 6.95. The summed E-state index contributed by atoms with van der Waals surface area (Å²) in [5.41, 5.74) is 1.30. The zero-order valence-corrected chi connectivity index (χ0v) is 14.6. The van der Waals surface area contributed by atoms with E-state index in [1.54, 1.807) is 27.2 Å². The van der Waals surface area contributed by atoms with Crippen LogP contribution in [-0.2, 0) is 20.7 Å². The van der Waals surface area contributed by atoms with Gasteiger partial charge in [0, 0.05) is 31.5 Å². The van der Waals surface area contributed by atoms with Crippen molar-refractivity contribution in [1.29, 1.82) is 0 Å². The molecule has 1 aliphatic heterocycles. The molecule has 1 aromatic heterocycles. The smallest absolute Gasteiger partial charge is 0.254 e. The average Bonchev–Trinajstić information content (AvgIpc) is 2.92. The van der Waals surface area contributed by atoms with Gasteiger partial charge in [0.15, 0.2) is 0 Å². The zero-order valence-electron chi connectivity index (χ0n) is 14.6. The quantitative estimate of drug-likeness (QED) is 0.864. The molecular weight excluding hydrogens is 306 g/mol. The van der Waals surface area contributed by atoms with Gasteiger partial charge in [0.1, 0.15) is 11.2 Å². The molecule has 5 heteroatoms. The van der Waals surface area contributed by atoms with Crippen molar-refractivity contribution in [2.24, 2.45) is 5.92 Å². The van der Waals surface area contributed by atoms with E-state index in [-0.39, 0.29) is 11.8 Å². The van der Waals surface area contributed by atoms with Crippen molar-refractivity contribution in [3.8, 4) is 0 Å². The highest BCUT2D eigenvalue weighted by Crippen LogP contribution is 2.22. The molecule has 1 amide bonds. The summed E-state index contributed by atoms with van der Waals surface area (Å²) in [5.74, 6) is 0.276. The van der Waals surface area contributed by atoms with E-state index in [9.17, 15) is 4.79 Å². The molecule has 0 saturated carbocycles. The largest absolute Gasteiger partial charge is 0.464 e.